The van der Waals surface area contributed by atoms with Crippen LogP contribution in [0.25, 0.3) is 0 Å². The number of carbonyl (C=O) groups excluding carboxylic acids is 3. The van der Waals surface area contributed by atoms with Gasteiger partial charge in [-0.3, -0.25) is 14.9 Å². The summed E-state index contributed by atoms with van der Waals surface area (Å²) >= 11 is 2.83. The summed E-state index contributed by atoms with van der Waals surface area (Å²) in [6.45, 7) is 12.8. The van der Waals surface area contributed by atoms with Crippen molar-refractivity contribution in [3.63, 3.8) is 0 Å². The Bertz CT molecular complexity index is 2590. The zero-order valence-electron chi connectivity index (χ0n) is 48.0. The van der Waals surface area contributed by atoms with Crippen LogP contribution in [0.5, 0.6) is 17.2 Å². The number of rotatable bonds is 21. The number of hydrogen-bond acceptors (Lipinski definition) is 24. The summed E-state index contributed by atoms with van der Waals surface area (Å²) in [5.74, 6) is 11.6. The number of nitrogens with one attached hydrogen (secondary N) is 3. The van der Waals surface area contributed by atoms with Crippen LogP contribution in [0.15, 0.2) is 35.1 Å². The van der Waals surface area contributed by atoms with Gasteiger partial charge in [-0.25, -0.2) is 4.79 Å². The normalized spacial score (nSPS) is 36.3. The Balaban J connectivity index is 1.24. The van der Waals surface area contributed by atoms with Crippen molar-refractivity contribution in [1.82, 2.24) is 16.1 Å². The number of aldehydes is 1. The second-order valence-electron chi connectivity index (χ2n) is 20.0. The van der Waals surface area contributed by atoms with Gasteiger partial charge in [0.1, 0.15) is 42.9 Å². The number of amides is 1. The molecule has 4 fully saturated rings. The summed E-state index contributed by atoms with van der Waals surface area (Å²) in [5.41, 5.74) is 1.76. The molecule has 82 heavy (non-hydrogen) atoms. The van der Waals surface area contributed by atoms with E-state index in [-0.39, 0.29) is 71.2 Å². The van der Waals surface area contributed by atoms with Crippen molar-refractivity contribution in [3.05, 3.63) is 49.8 Å². The van der Waals surface area contributed by atoms with Gasteiger partial charge in [0.05, 0.1) is 84.9 Å². The summed E-state index contributed by atoms with van der Waals surface area (Å²) in [7, 11) is 6.84. The Morgan fingerprint density at radius 1 is 0.866 bits per heavy atom. The molecule has 1 aromatic carbocycles. The largest absolute Gasteiger partial charge is 0.492 e. The molecular weight excluding hydrogens is 1210 g/mol. The van der Waals surface area contributed by atoms with Gasteiger partial charge in [-0.1, -0.05) is 55.4 Å². The first-order valence-corrected chi connectivity index (χ1v) is 28.9. The third-order valence-corrected chi connectivity index (χ3v) is 17.3. The van der Waals surface area contributed by atoms with E-state index in [1.807, 2.05) is 36.4 Å². The molecule has 4 heterocycles. The van der Waals surface area contributed by atoms with Gasteiger partial charge < -0.3 is 92.5 Å². The van der Waals surface area contributed by atoms with Crippen LogP contribution in [0.3, 0.4) is 0 Å². The fourth-order valence-corrected chi connectivity index (χ4v) is 12.1. The third-order valence-electron chi connectivity index (χ3n) is 14.6. The summed E-state index contributed by atoms with van der Waals surface area (Å²) in [6, 6.07) is -1.24. The van der Waals surface area contributed by atoms with Crippen molar-refractivity contribution in [1.29, 1.82) is 0 Å². The number of halogens is 1. The molecule has 6 rings (SSSR count). The van der Waals surface area contributed by atoms with E-state index in [1.54, 1.807) is 47.8 Å². The zero-order chi connectivity index (χ0) is 60.2. The lowest BCUT2D eigenvalue weighted by Crippen LogP contribution is -2.65. The first kappa shape index (κ1) is 67.1. The number of aliphatic hydroxyl groups excluding tert-OH is 4. The molecule has 26 heteroatoms. The van der Waals surface area contributed by atoms with E-state index in [0.717, 1.165) is 11.8 Å². The molecule has 19 atom stereocenters. The number of thioether (sulfide) groups is 1. The molecule has 4 saturated heterocycles. The van der Waals surface area contributed by atoms with E-state index in [2.05, 4.69) is 39.8 Å². The minimum absolute atomic E-state index is 0.0281. The van der Waals surface area contributed by atoms with E-state index in [0.29, 0.717) is 28.4 Å². The number of carbonyl (C=O) groups is 3. The topological polar surface area (TPSA) is 308 Å². The van der Waals surface area contributed by atoms with Crippen LogP contribution in [-0.2, 0) is 52.3 Å². The highest BCUT2D eigenvalue weighted by molar-refractivity contribution is 14.1. The van der Waals surface area contributed by atoms with Gasteiger partial charge >= 0.3 is 6.09 Å². The van der Waals surface area contributed by atoms with Gasteiger partial charge in [-0.15, -0.1) is 0 Å². The van der Waals surface area contributed by atoms with Gasteiger partial charge in [-0.2, -0.15) is 5.48 Å². The predicted octanol–water partition coefficient (Wildman–Crippen LogP) is 2.58. The number of likely N-dealkylation sites (N-methyl/N-ethyl adjacent to an activating group) is 1. The molecule has 1 aromatic rings. The molecule has 1 amide bonds. The van der Waals surface area contributed by atoms with Crippen LogP contribution in [0, 0.1) is 34.2 Å². The highest BCUT2D eigenvalue weighted by atomic mass is 127. The Kier molecular flexibility index (Phi) is 25.3. The number of benzene rings is 1. The number of alkyl carbamates (subject to hydrolysis) is 1. The molecule has 0 spiro atoms. The average molecular weight is 1290 g/mol. The van der Waals surface area contributed by atoms with E-state index in [4.69, 9.17) is 61.7 Å². The van der Waals surface area contributed by atoms with Crippen molar-refractivity contribution in [2.45, 2.75) is 189 Å². The van der Waals surface area contributed by atoms with Crippen LogP contribution in [0.4, 0.5) is 4.79 Å². The Labute approximate surface area is 495 Å². The number of methoxy groups -OCH3 is 5. The van der Waals surface area contributed by atoms with E-state index in [1.165, 1.54) is 40.6 Å². The van der Waals surface area contributed by atoms with Crippen LogP contribution < -0.4 is 30.3 Å². The monoisotopic (exact) mass is 1290 g/mol. The Morgan fingerprint density at radius 2 is 1.57 bits per heavy atom. The van der Waals surface area contributed by atoms with Gasteiger partial charge in [0.25, 0.3) is 0 Å². The number of allylic oxidation sites excluding steroid dienone is 4. The van der Waals surface area contributed by atoms with E-state index >= 15 is 0 Å². The van der Waals surface area contributed by atoms with Gasteiger partial charge in [0, 0.05) is 50.3 Å². The van der Waals surface area contributed by atoms with Crippen molar-refractivity contribution >= 4 is 51.8 Å². The number of hydroxylamine groups is 1. The molecule has 456 valence electrons. The maximum Gasteiger partial charge on any atom is 0.411 e. The molecule has 0 unspecified atom stereocenters. The first-order valence-electron chi connectivity index (χ1n) is 26.9. The molecule has 5 aliphatic rings. The maximum absolute atomic E-state index is 14.4. The molecule has 8 N–H and O–H groups in total. The highest BCUT2D eigenvalue weighted by Crippen LogP contribution is 2.49. The summed E-state index contributed by atoms with van der Waals surface area (Å²) < 4.78 is 72.4. The molecule has 0 radical (unpaired) electrons. The lowest BCUT2D eigenvalue weighted by Gasteiger charge is -2.46. The lowest BCUT2D eigenvalue weighted by atomic mass is 9.81. The van der Waals surface area contributed by atoms with Crippen molar-refractivity contribution in [2.75, 3.05) is 48.7 Å². The fraction of sp³-hybridized carbons (Fsp3) is 0.661. The summed E-state index contributed by atoms with van der Waals surface area (Å²) in [6.07, 6.45) is -12.5. The first-order chi connectivity index (χ1) is 39.1. The van der Waals surface area contributed by atoms with Gasteiger partial charge in [0.2, 0.25) is 17.2 Å². The minimum atomic E-state index is -2.09. The van der Waals surface area contributed by atoms with Crippen LogP contribution in [0.2, 0.25) is 0 Å². The summed E-state index contributed by atoms with van der Waals surface area (Å²) in [4.78, 5) is 45.4. The average Bonchev–Trinajstić information content (AvgIpc) is 2.82. The van der Waals surface area contributed by atoms with E-state index in [9.17, 15) is 39.9 Å². The quantitative estimate of drug-likeness (QED) is 0.0380. The van der Waals surface area contributed by atoms with Gasteiger partial charge in [-0.05, 0) is 87.9 Å². The molecule has 4 aliphatic heterocycles. The Morgan fingerprint density at radius 3 is 2.21 bits per heavy atom. The smallest absolute Gasteiger partial charge is 0.411 e. The summed E-state index contributed by atoms with van der Waals surface area (Å²) in [5, 5.41) is 62.6. The molecule has 24 nitrogen and oxygen atoms in total. The number of hydrogen-bond donors (Lipinski definition) is 8. The Hall–Kier alpha value is -3.99. The zero-order valence-corrected chi connectivity index (χ0v) is 51.0. The molecule has 0 aromatic heterocycles. The molecule has 0 saturated carbocycles. The molecular formula is C56H78IN3O21S. The standard InChI is InChI=1S/C56H78IN3O21S/c1-13-19-32-40(28(4)59-55(67)73-12)35(20-17-15-16-18-21-56(32,68)22-23-61)78-54-49(79-37-25-36(69-8)33(26-74-37)58-14-2)44(64)42(29(5)76-54)60-81-38-24-34(62)51(31(7)75-38)82-52(66)39-27(3)41(57)47(50(72-11)46(39)70-9)80-53-45(65)48(71-10)43(63)30(6)77-53/h15-16,19,23,29-31,33-38,42-45,48-49,51,53-54,58,60,62-65,68H,13-14,22,24-26H2,1-12H3,(H,59,67)/b16-15-,32-19?,40-28-/t29-,30-,31+,33-,34-,35-,36-,37-,38-,42+,43-,44-,45+,48+,49+,51+,53-,54-,56-/m0/s1. The molecule has 1 aliphatic carbocycles. The van der Waals surface area contributed by atoms with Crippen LogP contribution in [0.1, 0.15) is 83.1 Å². The third kappa shape index (κ3) is 15.5. The van der Waals surface area contributed by atoms with Crippen LogP contribution >= 0.6 is 34.4 Å². The number of ether oxygens (including phenoxy) is 12. The highest BCUT2D eigenvalue weighted by Gasteiger charge is 2.51. The van der Waals surface area contributed by atoms with Crippen molar-refractivity contribution < 1.29 is 102 Å². The van der Waals surface area contributed by atoms with Crippen molar-refractivity contribution in [2.24, 2.45) is 0 Å². The molecule has 0 bridgehead atoms. The second-order valence-corrected chi connectivity index (χ2v) is 22.2. The second kappa shape index (κ2) is 30.9. The maximum atomic E-state index is 14.4. The van der Waals surface area contributed by atoms with Crippen LogP contribution in [-0.4, -0.2) is 207 Å². The minimum Gasteiger partial charge on any atom is -0.492 e. The van der Waals surface area contributed by atoms with Gasteiger partial charge in [0.15, 0.2) is 36.0 Å². The number of aliphatic hydroxyl groups is 5. The fourth-order valence-electron chi connectivity index (χ4n) is 10.3. The SMILES string of the molecule is CCC=C1/C(=C(\C)NC(=O)OC)[C@@H](O[C@@H]2O[C@@H](C)[C@@H](NO[C@H]3C[C@H](O)[C@H](SC(=O)c4c(C)c(I)c(O[C@@H]5O[C@@H](C)[C@H](O)[C@@H](OC)[C@H]5O)c(OC)c4OC)[C@@H](C)O3)[C@H](O)[C@H]2O[C@H]2C[C@H](OC)[C@@H](NCC)CO2)C#C/C=C\C#C[C@]1(O)CC=O. The van der Waals surface area contributed by atoms with E-state index < -0.39 is 121 Å². The predicted molar refractivity (Wildman–Crippen MR) is 303 cm³/mol. The van der Waals surface area contributed by atoms with Crippen molar-refractivity contribution in [3.8, 4) is 40.9 Å². The lowest BCUT2D eigenvalue weighted by molar-refractivity contribution is -0.336.